The fourth-order valence-corrected chi connectivity index (χ4v) is 12.4. The van der Waals surface area contributed by atoms with Gasteiger partial charge in [0.25, 0.3) is 0 Å². The first-order chi connectivity index (χ1) is 33.7. The molecule has 0 unspecified atom stereocenters. The van der Waals surface area contributed by atoms with Crippen LogP contribution in [-0.2, 0) is 16.2 Å². The summed E-state index contributed by atoms with van der Waals surface area (Å²) in [6.07, 6.45) is 0. The molecule has 1 aliphatic heterocycles. The van der Waals surface area contributed by atoms with Gasteiger partial charge >= 0.3 is 0 Å². The number of hydrogen-bond acceptors (Lipinski definition) is 2. The van der Waals surface area contributed by atoms with Gasteiger partial charge in [-0.15, -0.1) is 0 Å². The fourth-order valence-electron chi connectivity index (χ4n) is 12.4. The van der Waals surface area contributed by atoms with Crippen LogP contribution in [0, 0.1) is 0 Å². The SMILES string of the molecule is CC1(C)c2ccccc2-c2ccc(N(c3ccc(-c4ccc5c(c4)N(c4ccccc4)c4ccccc4C5(c4ccccc4)c4ccccc4)cc3)c3ccc4c(c3)C(C)(C)c3ccccc3-4)cc21. The van der Waals surface area contributed by atoms with Crippen molar-refractivity contribution in [3.05, 3.63) is 287 Å². The van der Waals surface area contributed by atoms with E-state index in [0.717, 1.165) is 33.9 Å². The first-order valence-corrected chi connectivity index (χ1v) is 24.3. The van der Waals surface area contributed by atoms with Crippen LogP contribution < -0.4 is 9.80 Å². The van der Waals surface area contributed by atoms with E-state index in [1.54, 1.807) is 0 Å². The Morgan fingerprint density at radius 2 is 0.725 bits per heavy atom. The van der Waals surface area contributed by atoms with E-state index in [9.17, 15) is 0 Å². The second-order valence-electron chi connectivity index (χ2n) is 20.1. The van der Waals surface area contributed by atoms with Crippen molar-refractivity contribution in [2.75, 3.05) is 9.80 Å². The molecule has 330 valence electrons. The molecule has 0 radical (unpaired) electrons. The van der Waals surface area contributed by atoms with Crippen molar-refractivity contribution in [2.24, 2.45) is 0 Å². The molecule has 3 aliphatic rings. The van der Waals surface area contributed by atoms with Gasteiger partial charge in [-0.05, 0) is 139 Å². The molecule has 2 heteroatoms. The van der Waals surface area contributed by atoms with Crippen LogP contribution in [0.4, 0.5) is 34.1 Å². The molecule has 0 aromatic heterocycles. The first kappa shape index (κ1) is 41.0. The van der Waals surface area contributed by atoms with E-state index in [2.05, 4.69) is 280 Å². The van der Waals surface area contributed by atoms with Gasteiger partial charge in [0.05, 0.1) is 16.8 Å². The lowest BCUT2D eigenvalue weighted by atomic mass is 9.62. The lowest BCUT2D eigenvalue weighted by molar-refractivity contribution is 0.660. The lowest BCUT2D eigenvalue weighted by Crippen LogP contribution is -2.37. The maximum absolute atomic E-state index is 2.47. The average Bonchev–Trinajstić information content (AvgIpc) is 3.77. The second kappa shape index (κ2) is 15.4. The van der Waals surface area contributed by atoms with Crippen molar-refractivity contribution in [1.29, 1.82) is 0 Å². The third-order valence-corrected chi connectivity index (χ3v) is 15.7. The van der Waals surface area contributed by atoms with Crippen molar-refractivity contribution in [1.82, 2.24) is 0 Å². The summed E-state index contributed by atoms with van der Waals surface area (Å²) in [5.74, 6) is 0. The van der Waals surface area contributed by atoms with E-state index in [0.29, 0.717) is 0 Å². The van der Waals surface area contributed by atoms with E-state index in [-0.39, 0.29) is 10.8 Å². The average molecular weight is 885 g/mol. The molecule has 0 saturated heterocycles. The lowest BCUT2D eigenvalue weighted by Gasteiger charge is -2.46. The minimum atomic E-state index is -0.555. The summed E-state index contributed by atoms with van der Waals surface area (Å²) in [4.78, 5) is 4.94. The van der Waals surface area contributed by atoms with Crippen LogP contribution >= 0.6 is 0 Å². The predicted octanol–water partition coefficient (Wildman–Crippen LogP) is 17.6. The number of anilines is 6. The van der Waals surface area contributed by atoms with Gasteiger partial charge in [0.15, 0.2) is 0 Å². The number of benzene rings is 10. The van der Waals surface area contributed by atoms with Gasteiger partial charge in [-0.3, -0.25) is 0 Å². The van der Waals surface area contributed by atoms with Crippen LogP contribution in [0.2, 0.25) is 0 Å². The van der Waals surface area contributed by atoms with Gasteiger partial charge in [0, 0.05) is 33.6 Å². The zero-order valence-corrected chi connectivity index (χ0v) is 39.5. The Balaban J connectivity index is 0.976. The van der Waals surface area contributed by atoms with E-state index < -0.39 is 5.41 Å². The molecule has 0 atom stereocenters. The molecule has 69 heavy (non-hydrogen) atoms. The quantitative estimate of drug-likeness (QED) is 0.157. The van der Waals surface area contributed by atoms with Crippen LogP contribution in [0.25, 0.3) is 33.4 Å². The third-order valence-electron chi connectivity index (χ3n) is 15.7. The highest BCUT2D eigenvalue weighted by molar-refractivity contribution is 5.93. The maximum atomic E-state index is 2.47. The van der Waals surface area contributed by atoms with Gasteiger partial charge < -0.3 is 9.80 Å². The van der Waals surface area contributed by atoms with Crippen molar-refractivity contribution < 1.29 is 0 Å². The topological polar surface area (TPSA) is 6.48 Å². The summed E-state index contributed by atoms with van der Waals surface area (Å²) in [5, 5.41) is 0. The molecule has 0 saturated carbocycles. The summed E-state index contributed by atoms with van der Waals surface area (Å²) in [6, 6.07) is 90.5. The predicted molar refractivity (Wildman–Crippen MR) is 288 cm³/mol. The monoisotopic (exact) mass is 884 g/mol. The molecule has 10 aromatic rings. The zero-order chi connectivity index (χ0) is 46.5. The molecule has 10 aromatic carbocycles. The van der Waals surface area contributed by atoms with E-state index in [4.69, 9.17) is 0 Å². The Hall–Kier alpha value is -8.20. The Kier molecular flexibility index (Phi) is 9.17. The van der Waals surface area contributed by atoms with E-state index in [1.165, 1.54) is 78.1 Å². The molecular formula is C67H52N2. The molecule has 0 spiro atoms. The molecule has 0 amide bonds. The Labute approximate surface area is 406 Å². The van der Waals surface area contributed by atoms with Gasteiger partial charge in [-0.1, -0.05) is 210 Å². The molecule has 0 bridgehead atoms. The highest BCUT2D eigenvalue weighted by Gasteiger charge is 2.46. The van der Waals surface area contributed by atoms with Crippen molar-refractivity contribution in [3.8, 4) is 33.4 Å². The molecule has 2 aliphatic carbocycles. The Morgan fingerprint density at radius 3 is 1.28 bits per heavy atom. The molecule has 0 fully saturated rings. The highest BCUT2D eigenvalue weighted by Crippen LogP contribution is 2.59. The normalized spacial score (nSPS) is 15.0. The first-order valence-electron chi connectivity index (χ1n) is 24.3. The molecular weight excluding hydrogens is 833 g/mol. The Morgan fingerprint density at radius 1 is 0.304 bits per heavy atom. The van der Waals surface area contributed by atoms with Crippen molar-refractivity contribution in [3.63, 3.8) is 0 Å². The van der Waals surface area contributed by atoms with Crippen LogP contribution in [0.3, 0.4) is 0 Å². The summed E-state index contributed by atoms with van der Waals surface area (Å²) in [5.41, 5.74) is 24.2. The second-order valence-corrected chi connectivity index (χ2v) is 20.1. The maximum Gasteiger partial charge on any atom is 0.0742 e. The number of nitrogens with zero attached hydrogens (tertiary/aromatic N) is 2. The van der Waals surface area contributed by atoms with Gasteiger partial charge in [0.2, 0.25) is 0 Å². The number of hydrogen-bond donors (Lipinski definition) is 0. The number of rotatable bonds is 7. The zero-order valence-electron chi connectivity index (χ0n) is 39.5. The molecule has 13 rings (SSSR count). The Bertz CT molecular complexity index is 3460. The minimum Gasteiger partial charge on any atom is -0.310 e. The van der Waals surface area contributed by atoms with Gasteiger partial charge in [-0.2, -0.15) is 0 Å². The fraction of sp³-hybridized carbons (Fsp3) is 0.104. The van der Waals surface area contributed by atoms with Crippen LogP contribution in [0.15, 0.2) is 243 Å². The number of para-hydroxylation sites is 2. The summed E-state index contributed by atoms with van der Waals surface area (Å²) in [7, 11) is 0. The standard InChI is InChI=1S/C67H52N2/c1-65(2)57-28-16-14-26-53(57)55-39-37-51(43-61(55)65)68(52-38-40-56-54-27-15-17-29-58(54)66(3,4)62(56)44-52)50-35-32-45(33-36-50)46-34-41-60-64(42-46)69(49-24-12-7-13-25-49)63-31-19-18-30-59(63)67(60,47-20-8-5-9-21-47)48-22-10-6-11-23-48/h5-44H,1-4H3. The molecule has 0 N–H and O–H groups in total. The van der Waals surface area contributed by atoms with Crippen molar-refractivity contribution >= 4 is 34.1 Å². The summed E-state index contributed by atoms with van der Waals surface area (Å²) >= 11 is 0. The van der Waals surface area contributed by atoms with Crippen molar-refractivity contribution in [2.45, 2.75) is 43.9 Å². The van der Waals surface area contributed by atoms with Crippen LogP contribution in [0.5, 0.6) is 0 Å². The largest absolute Gasteiger partial charge is 0.310 e. The van der Waals surface area contributed by atoms with Gasteiger partial charge in [0.1, 0.15) is 0 Å². The van der Waals surface area contributed by atoms with Crippen LogP contribution in [-0.4, -0.2) is 0 Å². The minimum absolute atomic E-state index is 0.127. The number of fused-ring (bicyclic) bond motifs is 8. The molecule has 2 nitrogen and oxygen atoms in total. The third kappa shape index (κ3) is 6.04. The van der Waals surface area contributed by atoms with Gasteiger partial charge in [-0.25, -0.2) is 0 Å². The smallest absolute Gasteiger partial charge is 0.0742 e. The molecule has 1 heterocycles. The summed E-state index contributed by atoms with van der Waals surface area (Å²) in [6.45, 7) is 9.48. The van der Waals surface area contributed by atoms with E-state index >= 15 is 0 Å². The summed E-state index contributed by atoms with van der Waals surface area (Å²) < 4.78 is 0. The highest BCUT2D eigenvalue weighted by atomic mass is 15.2. The van der Waals surface area contributed by atoms with E-state index in [1.807, 2.05) is 0 Å². The van der Waals surface area contributed by atoms with Crippen LogP contribution in [0.1, 0.15) is 72.2 Å².